The summed E-state index contributed by atoms with van der Waals surface area (Å²) in [4.78, 5) is 0. The minimum atomic E-state index is -2.38. The maximum Gasteiger partial charge on any atom is 0.391 e. The van der Waals surface area contributed by atoms with Crippen molar-refractivity contribution in [3.8, 4) is 0 Å². The molecule has 0 aromatic heterocycles. The molecule has 0 aliphatic carbocycles. The minimum Gasteiger partial charge on any atom is -0.311 e. The third-order valence-electron chi connectivity index (χ3n) is 5.98. The molecule has 0 rings (SSSR count). The quantitative estimate of drug-likeness (QED) is 0.0834. The van der Waals surface area contributed by atoms with Gasteiger partial charge in [-0.1, -0.05) is 135 Å². The van der Waals surface area contributed by atoms with Crippen LogP contribution >= 0.6 is 8.58 Å². The Morgan fingerprint density at radius 2 is 0.655 bits per heavy atom. The molecular weight excluding hydrogens is 379 g/mol. The molecule has 0 amide bonds. The Hall–Kier alpha value is 0.310. The first-order chi connectivity index (χ1) is 14.1. The highest BCUT2D eigenvalue weighted by molar-refractivity contribution is 7.39. The number of rotatable bonds is 24. The molecule has 0 aliphatic heterocycles. The van der Waals surface area contributed by atoms with E-state index in [-0.39, 0.29) is 0 Å². The van der Waals surface area contributed by atoms with Crippen LogP contribution < -0.4 is 0 Å². The summed E-state index contributed by atoms with van der Waals surface area (Å²) in [5.74, 6) is 0. The molecule has 176 valence electrons. The predicted molar refractivity (Wildman–Crippen MR) is 131 cm³/mol. The van der Waals surface area contributed by atoms with Crippen molar-refractivity contribution in [1.82, 2.24) is 0 Å². The van der Waals surface area contributed by atoms with E-state index in [0.717, 1.165) is 19.0 Å². The van der Waals surface area contributed by atoms with Crippen molar-refractivity contribution < 1.29 is 15.3 Å². The van der Waals surface area contributed by atoms with Gasteiger partial charge in [-0.2, -0.15) is 0 Å². The molecule has 3 N–H and O–H groups in total. The van der Waals surface area contributed by atoms with Crippen molar-refractivity contribution in [2.24, 2.45) is 0 Å². The molecular formula is C25H54O3P+. The summed E-state index contributed by atoms with van der Waals surface area (Å²) in [5.41, 5.74) is -2.38. The maximum atomic E-state index is 8.84. The highest BCUT2D eigenvalue weighted by Crippen LogP contribution is 2.25. The van der Waals surface area contributed by atoms with Crippen LogP contribution in [0.5, 0.6) is 0 Å². The van der Waals surface area contributed by atoms with Gasteiger partial charge in [0, 0.05) is 0 Å². The summed E-state index contributed by atoms with van der Waals surface area (Å²) in [6, 6.07) is 0. The first-order valence-electron chi connectivity index (χ1n) is 13.1. The SMILES string of the molecule is CCCCCCCCCCCCCCCCCCCCCCCC[PH2+]C(O)(O)O. The fourth-order valence-corrected chi connectivity index (χ4v) is 4.93. The molecule has 0 saturated carbocycles. The Morgan fingerprint density at radius 3 is 0.897 bits per heavy atom. The Balaban J connectivity index is 3.02. The van der Waals surface area contributed by atoms with Gasteiger partial charge in [0.2, 0.25) is 0 Å². The lowest BCUT2D eigenvalue weighted by Gasteiger charge is -2.06. The van der Waals surface area contributed by atoms with E-state index in [9.17, 15) is 0 Å². The van der Waals surface area contributed by atoms with E-state index in [1.54, 1.807) is 0 Å². The second-order valence-electron chi connectivity index (χ2n) is 9.10. The summed E-state index contributed by atoms with van der Waals surface area (Å²) in [6.45, 7) is 2.29. The van der Waals surface area contributed by atoms with Crippen LogP contribution in [0.25, 0.3) is 0 Å². The largest absolute Gasteiger partial charge is 0.391 e. The number of unbranched alkanes of at least 4 members (excludes halogenated alkanes) is 21. The first kappa shape index (κ1) is 29.3. The molecule has 0 aromatic rings. The number of hydrogen-bond acceptors (Lipinski definition) is 3. The lowest BCUT2D eigenvalue weighted by atomic mass is 10.0. The van der Waals surface area contributed by atoms with Gasteiger partial charge in [-0.15, -0.1) is 0 Å². The maximum absolute atomic E-state index is 8.84. The second-order valence-corrected chi connectivity index (χ2v) is 10.9. The van der Waals surface area contributed by atoms with Crippen LogP contribution in [0.15, 0.2) is 0 Å². The zero-order valence-electron chi connectivity index (χ0n) is 19.7. The molecule has 4 heteroatoms. The Labute approximate surface area is 184 Å². The van der Waals surface area contributed by atoms with Gasteiger partial charge >= 0.3 is 5.71 Å². The molecule has 3 nitrogen and oxygen atoms in total. The van der Waals surface area contributed by atoms with Gasteiger partial charge in [0.25, 0.3) is 0 Å². The van der Waals surface area contributed by atoms with Gasteiger partial charge in [0.15, 0.2) is 0 Å². The van der Waals surface area contributed by atoms with Crippen molar-refractivity contribution in [2.45, 2.75) is 154 Å². The smallest absolute Gasteiger partial charge is 0.311 e. The molecule has 1 atom stereocenters. The molecule has 29 heavy (non-hydrogen) atoms. The van der Waals surface area contributed by atoms with E-state index in [2.05, 4.69) is 6.92 Å². The zero-order chi connectivity index (χ0) is 21.5. The van der Waals surface area contributed by atoms with Gasteiger partial charge in [-0.05, 0) is 12.8 Å². The highest BCUT2D eigenvalue weighted by atomic mass is 31.1. The monoisotopic (exact) mass is 433 g/mol. The molecule has 0 saturated heterocycles. The zero-order valence-corrected chi connectivity index (χ0v) is 20.8. The predicted octanol–water partition coefficient (Wildman–Crippen LogP) is 7.59. The number of hydrogen-bond donors (Lipinski definition) is 3. The molecule has 0 bridgehead atoms. The van der Waals surface area contributed by atoms with E-state index in [1.807, 2.05) is 0 Å². The third kappa shape index (κ3) is 28.3. The van der Waals surface area contributed by atoms with Crippen LogP contribution in [-0.4, -0.2) is 27.2 Å². The van der Waals surface area contributed by atoms with Crippen molar-refractivity contribution in [3.63, 3.8) is 0 Å². The van der Waals surface area contributed by atoms with Gasteiger partial charge in [-0.25, -0.2) is 0 Å². The van der Waals surface area contributed by atoms with Crippen LogP contribution in [-0.2, 0) is 0 Å². The van der Waals surface area contributed by atoms with Crippen LogP contribution in [0.2, 0.25) is 0 Å². The normalized spacial score (nSPS) is 12.4. The van der Waals surface area contributed by atoms with Crippen LogP contribution in [0, 0.1) is 0 Å². The fourth-order valence-electron chi connectivity index (χ4n) is 4.05. The van der Waals surface area contributed by atoms with E-state index >= 15 is 0 Å². The average molecular weight is 434 g/mol. The van der Waals surface area contributed by atoms with E-state index in [4.69, 9.17) is 15.3 Å². The van der Waals surface area contributed by atoms with Crippen LogP contribution in [0.3, 0.4) is 0 Å². The Morgan fingerprint density at radius 1 is 0.414 bits per heavy atom. The summed E-state index contributed by atoms with van der Waals surface area (Å²) in [5, 5.41) is 26.5. The summed E-state index contributed by atoms with van der Waals surface area (Å²) < 4.78 is 0. The van der Waals surface area contributed by atoms with Crippen molar-refractivity contribution >= 4 is 8.58 Å². The lowest BCUT2D eigenvalue weighted by molar-refractivity contribution is -0.238. The Bertz CT molecular complexity index is 305. The summed E-state index contributed by atoms with van der Waals surface area (Å²) in [7, 11) is -0.668. The molecule has 0 heterocycles. The molecule has 0 spiro atoms. The standard InChI is InChI=1S/C25H53O3P/c1-2-3-4-5-6-7-8-9-10-11-12-13-14-15-16-17-18-19-20-21-22-23-24-29-25(26,27)28/h26-29H,2-24H2,1H3/p+1. The first-order valence-corrected chi connectivity index (χ1v) is 14.5. The second kappa shape index (κ2) is 23.0. The fraction of sp³-hybridized carbons (Fsp3) is 1.00. The number of aliphatic hydroxyl groups is 3. The average Bonchev–Trinajstić information content (AvgIpc) is 2.67. The van der Waals surface area contributed by atoms with Gasteiger partial charge in [0.05, 0.1) is 14.7 Å². The minimum absolute atomic E-state index is 0.668. The van der Waals surface area contributed by atoms with Crippen molar-refractivity contribution in [3.05, 3.63) is 0 Å². The van der Waals surface area contributed by atoms with Gasteiger partial charge < -0.3 is 15.3 Å². The highest BCUT2D eigenvalue weighted by Gasteiger charge is 2.24. The van der Waals surface area contributed by atoms with E-state index < -0.39 is 14.3 Å². The van der Waals surface area contributed by atoms with E-state index in [0.29, 0.717) is 0 Å². The Kier molecular flexibility index (Phi) is 23.2. The van der Waals surface area contributed by atoms with Crippen molar-refractivity contribution in [2.75, 3.05) is 6.16 Å². The third-order valence-corrected chi connectivity index (χ3v) is 7.22. The molecule has 0 aromatic carbocycles. The molecule has 0 aliphatic rings. The van der Waals surface area contributed by atoms with Crippen LogP contribution in [0.4, 0.5) is 0 Å². The van der Waals surface area contributed by atoms with Crippen molar-refractivity contribution in [1.29, 1.82) is 0 Å². The molecule has 0 radical (unpaired) electrons. The summed E-state index contributed by atoms with van der Waals surface area (Å²) >= 11 is 0. The topological polar surface area (TPSA) is 60.7 Å². The summed E-state index contributed by atoms with van der Waals surface area (Å²) in [6.07, 6.45) is 31.2. The van der Waals surface area contributed by atoms with Crippen LogP contribution in [0.1, 0.15) is 148 Å². The molecule has 1 unspecified atom stereocenters. The lowest BCUT2D eigenvalue weighted by Crippen LogP contribution is -2.20. The van der Waals surface area contributed by atoms with Gasteiger partial charge in [0.1, 0.15) is 0 Å². The molecule has 0 fully saturated rings. The van der Waals surface area contributed by atoms with E-state index in [1.165, 1.54) is 128 Å². The van der Waals surface area contributed by atoms with Gasteiger partial charge in [-0.3, -0.25) is 0 Å².